The van der Waals surface area contributed by atoms with Crippen molar-refractivity contribution in [2.45, 2.75) is 25.8 Å². The predicted molar refractivity (Wildman–Crippen MR) is 88.8 cm³/mol. The molecule has 2 heterocycles. The molecule has 116 valence electrons. The lowest BCUT2D eigenvalue weighted by Gasteiger charge is -2.28. The molecular weight excluding hydrogens is 262 g/mol. The van der Waals surface area contributed by atoms with Crippen LogP contribution in [0.3, 0.4) is 0 Å². The van der Waals surface area contributed by atoms with Gasteiger partial charge in [-0.2, -0.15) is 0 Å². The molecule has 1 aromatic rings. The van der Waals surface area contributed by atoms with Crippen molar-refractivity contribution in [3.8, 4) is 0 Å². The van der Waals surface area contributed by atoms with Crippen molar-refractivity contribution in [1.29, 1.82) is 0 Å². The van der Waals surface area contributed by atoms with Crippen LogP contribution in [0, 0.1) is 0 Å². The lowest BCUT2D eigenvalue weighted by Crippen LogP contribution is -2.35. The molecule has 1 aliphatic rings. The Labute approximate surface area is 128 Å². The average Bonchev–Trinajstić information content (AvgIpc) is 2.48. The van der Waals surface area contributed by atoms with Crippen molar-refractivity contribution in [3.05, 3.63) is 23.9 Å². The zero-order valence-electron chi connectivity index (χ0n) is 13.7. The van der Waals surface area contributed by atoms with Crippen molar-refractivity contribution < 1.29 is 0 Å². The maximum atomic E-state index is 4.70. The fourth-order valence-corrected chi connectivity index (χ4v) is 2.70. The van der Waals surface area contributed by atoms with Crippen molar-refractivity contribution in [2.75, 3.05) is 46.2 Å². The van der Waals surface area contributed by atoms with Gasteiger partial charge in [-0.15, -0.1) is 0 Å². The minimum absolute atomic E-state index is 0.690. The van der Waals surface area contributed by atoms with Crippen molar-refractivity contribution in [2.24, 2.45) is 4.99 Å². The number of aromatic nitrogens is 1. The smallest absolute Gasteiger partial charge is 0.195 e. The van der Waals surface area contributed by atoms with E-state index < -0.39 is 0 Å². The molecule has 1 aliphatic heterocycles. The Morgan fingerprint density at radius 1 is 1.14 bits per heavy atom. The summed E-state index contributed by atoms with van der Waals surface area (Å²) in [5.74, 6) is 2.07. The van der Waals surface area contributed by atoms with Gasteiger partial charge >= 0.3 is 0 Å². The summed E-state index contributed by atoms with van der Waals surface area (Å²) in [5.41, 5.74) is 1.21. The van der Waals surface area contributed by atoms with Gasteiger partial charge in [0, 0.05) is 47.5 Å². The van der Waals surface area contributed by atoms with E-state index in [1.807, 2.05) is 44.2 Å². The summed E-state index contributed by atoms with van der Waals surface area (Å²) in [4.78, 5) is 15.7. The first-order chi connectivity index (χ1) is 10.1. The van der Waals surface area contributed by atoms with Gasteiger partial charge in [0.25, 0.3) is 0 Å². The second-order valence-corrected chi connectivity index (χ2v) is 5.98. The number of anilines is 1. The van der Waals surface area contributed by atoms with E-state index in [9.17, 15) is 0 Å². The molecule has 0 bridgehead atoms. The number of pyridine rings is 1. The maximum Gasteiger partial charge on any atom is 0.195 e. The van der Waals surface area contributed by atoms with Crippen LogP contribution in [0.2, 0.25) is 0 Å². The van der Waals surface area contributed by atoms with E-state index in [1.165, 1.54) is 24.8 Å². The highest BCUT2D eigenvalue weighted by Crippen LogP contribution is 2.18. The third-order valence-electron chi connectivity index (χ3n) is 3.69. The molecule has 0 radical (unpaired) electrons. The molecule has 5 heteroatoms. The summed E-state index contributed by atoms with van der Waals surface area (Å²) in [6.45, 7) is 2.94. The third kappa shape index (κ3) is 4.34. The van der Waals surface area contributed by atoms with Gasteiger partial charge in [0.15, 0.2) is 5.96 Å². The Morgan fingerprint density at radius 2 is 1.81 bits per heavy atom. The van der Waals surface area contributed by atoms with E-state index >= 15 is 0 Å². The molecule has 0 saturated carbocycles. The summed E-state index contributed by atoms with van der Waals surface area (Å²) in [6.07, 6.45) is 5.79. The predicted octanol–water partition coefficient (Wildman–Crippen LogP) is 2.05. The van der Waals surface area contributed by atoms with Crippen LogP contribution in [0.25, 0.3) is 0 Å². The van der Waals surface area contributed by atoms with E-state index in [2.05, 4.69) is 22.0 Å². The fourth-order valence-electron chi connectivity index (χ4n) is 2.70. The zero-order chi connectivity index (χ0) is 15.2. The molecule has 0 N–H and O–H groups in total. The third-order valence-corrected chi connectivity index (χ3v) is 3.69. The highest BCUT2D eigenvalue weighted by molar-refractivity contribution is 5.79. The first-order valence-corrected chi connectivity index (χ1v) is 7.67. The van der Waals surface area contributed by atoms with E-state index in [-0.39, 0.29) is 0 Å². The van der Waals surface area contributed by atoms with Gasteiger partial charge in [0.2, 0.25) is 0 Å². The molecule has 0 unspecified atom stereocenters. The van der Waals surface area contributed by atoms with Crippen LogP contribution in [0.5, 0.6) is 0 Å². The highest BCUT2D eigenvalue weighted by Gasteiger charge is 2.12. The summed E-state index contributed by atoms with van der Waals surface area (Å²) in [6, 6.07) is 4.23. The summed E-state index contributed by atoms with van der Waals surface area (Å²) >= 11 is 0. The van der Waals surface area contributed by atoms with Gasteiger partial charge in [-0.05, 0) is 37.0 Å². The van der Waals surface area contributed by atoms with Crippen LogP contribution in [0.1, 0.15) is 24.8 Å². The maximum absolute atomic E-state index is 4.70. The first-order valence-electron chi connectivity index (χ1n) is 7.67. The SMILES string of the molecule is CN(C)C(=NCc1ccnc(N2CCCCC2)c1)N(C)C. The van der Waals surface area contributed by atoms with Crippen molar-refractivity contribution in [3.63, 3.8) is 0 Å². The molecule has 1 aromatic heterocycles. The summed E-state index contributed by atoms with van der Waals surface area (Å²) < 4.78 is 0. The molecule has 0 atom stereocenters. The number of aliphatic imine (C=N–C) groups is 1. The second-order valence-electron chi connectivity index (χ2n) is 5.98. The number of hydrogen-bond acceptors (Lipinski definition) is 3. The molecule has 0 amide bonds. The van der Waals surface area contributed by atoms with Crippen LogP contribution in [0.4, 0.5) is 5.82 Å². The fraction of sp³-hybridized carbons (Fsp3) is 0.625. The number of piperidine rings is 1. The van der Waals surface area contributed by atoms with Gasteiger partial charge in [-0.1, -0.05) is 0 Å². The van der Waals surface area contributed by atoms with Crippen LogP contribution >= 0.6 is 0 Å². The van der Waals surface area contributed by atoms with Crippen LogP contribution in [-0.2, 0) is 6.54 Å². The normalized spacial score (nSPS) is 14.8. The summed E-state index contributed by atoms with van der Waals surface area (Å²) in [7, 11) is 8.07. The Morgan fingerprint density at radius 3 is 2.43 bits per heavy atom. The second kappa shape index (κ2) is 7.29. The van der Waals surface area contributed by atoms with Crippen LogP contribution in [-0.4, -0.2) is 62.0 Å². The van der Waals surface area contributed by atoms with Crippen LogP contribution in [0.15, 0.2) is 23.3 Å². The number of nitrogens with zero attached hydrogens (tertiary/aromatic N) is 5. The number of hydrogen-bond donors (Lipinski definition) is 0. The monoisotopic (exact) mass is 289 g/mol. The quantitative estimate of drug-likeness (QED) is 0.630. The van der Waals surface area contributed by atoms with Gasteiger partial charge in [-0.3, -0.25) is 0 Å². The van der Waals surface area contributed by atoms with Gasteiger partial charge < -0.3 is 14.7 Å². The van der Waals surface area contributed by atoms with E-state index in [0.717, 1.165) is 24.9 Å². The number of rotatable bonds is 3. The number of guanidine groups is 1. The molecule has 5 nitrogen and oxygen atoms in total. The van der Waals surface area contributed by atoms with E-state index in [1.54, 1.807) is 0 Å². The van der Waals surface area contributed by atoms with E-state index in [4.69, 9.17) is 4.99 Å². The lowest BCUT2D eigenvalue weighted by atomic mass is 10.1. The Balaban J connectivity index is 2.08. The van der Waals surface area contributed by atoms with Crippen LogP contribution < -0.4 is 4.90 Å². The van der Waals surface area contributed by atoms with Gasteiger partial charge in [-0.25, -0.2) is 9.98 Å². The van der Waals surface area contributed by atoms with Crippen molar-refractivity contribution >= 4 is 11.8 Å². The van der Waals surface area contributed by atoms with Gasteiger partial charge in [0.05, 0.1) is 6.54 Å². The largest absolute Gasteiger partial charge is 0.357 e. The Bertz CT molecular complexity index is 465. The van der Waals surface area contributed by atoms with Crippen molar-refractivity contribution in [1.82, 2.24) is 14.8 Å². The topological polar surface area (TPSA) is 35.0 Å². The average molecular weight is 289 g/mol. The molecule has 2 rings (SSSR count). The zero-order valence-corrected chi connectivity index (χ0v) is 13.7. The standard InChI is InChI=1S/C16H27N5/c1-19(2)16(20(3)4)18-13-14-8-9-17-15(12-14)21-10-6-5-7-11-21/h8-9,12H,5-7,10-11,13H2,1-4H3. The van der Waals surface area contributed by atoms with E-state index in [0.29, 0.717) is 6.54 Å². The minimum Gasteiger partial charge on any atom is -0.357 e. The highest BCUT2D eigenvalue weighted by atomic mass is 15.3. The summed E-state index contributed by atoms with van der Waals surface area (Å²) in [5, 5.41) is 0. The molecule has 0 aliphatic carbocycles. The Kier molecular flexibility index (Phi) is 5.42. The molecule has 1 fully saturated rings. The molecule has 0 spiro atoms. The Hall–Kier alpha value is -1.78. The minimum atomic E-state index is 0.690. The molecule has 21 heavy (non-hydrogen) atoms. The first kappa shape index (κ1) is 15.6. The molecular formula is C16H27N5. The molecule has 1 saturated heterocycles. The lowest BCUT2D eigenvalue weighted by molar-refractivity contribution is 0.479. The van der Waals surface area contributed by atoms with Gasteiger partial charge in [0.1, 0.15) is 5.82 Å². The molecule has 0 aromatic carbocycles.